The Bertz CT molecular complexity index is 1170. The van der Waals surface area contributed by atoms with Gasteiger partial charge in [-0.15, -0.1) is 0 Å². The fraction of sp³-hybridized carbons (Fsp3) is 0.231. The number of carboxylic acid groups (broad SMARTS) is 1. The largest absolute Gasteiger partial charge is 0.497 e. The molecule has 0 radical (unpaired) electrons. The summed E-state index contributed by atoms with van der Waals surface area (Å²) in [4.78, 5) is 28.9. The molecule has 1 amide bonds. The zero-order valence-corrected chi connectivity index (χ0v) is 19.6. The first-order valence-corrected chi connectivity index (χ1v) is 11.4. The molecule has 1 aliphatic rings. The van der Waals surface area contributed by atoms with Crippen LogP contribution >= 0.6 is 11.6 Å². The molecule has 1 aliphatic heterocycles. The van der Waals surface area contributed by atoms with Crippen molar-refractivity contribution in [2.45, 2.75) is 6.42 Å². The van der Waals surface area contributed by atoms with E-state index in [1.807, 2.05) is 42.5 Å². The summed E-state index contributed by atoms with van der Waals surface area (Å²) in [5, 5.41) is 13.2. The van der Waals surface area contributed by atoms with Crippen molar-refractivity contribution in [3.8, 4) is 5.75 Å². The number of ether oxygens (including phenoxy) is 1. The number of benzene rings is 3. The molecule has 0 bridgehead atoms. The second kappa shape index (κ2) is 10.5. The van der Waals surface area contributed by atoms with E-state index in [0.717, 1.165) is 43.1 Å². The Balaban J connectivity index is 1.42. The number of anilines is 3. The molecule has 0 atom stereocenters. The zero-order valence-electron chi connectivity index (χ0n) is 18.8. The third-order valence-corrected chi connectivity index (χ3v) is 6.08. The van der Waals surface area contributed by atoms with Crippen LogP contribution < -0.4 is 19.9 Å². The Morgan fingerprint density at radius 3 is 2.18 bits per heavy atom. The summed E-state index contributed by atoms with van der Waals surface area (Å²) in [7, 11) is 1.58. The van der Waals surface area contributed by atoms with E-state index >= 15 is 0 Å². The van der Waals surface area contributed by atoms with E-state index in [1.54, 1.807) is 31.4 Å². The Morgan fingerprint density at radius 1 is 0.941 bits per heavy atom. The Kier molecular flexibility index (Phi) is 7.23. The van der Waals surface area contributed by atoms with Gasteiger partial charge in [0.2, 0.25) is 5.91 Å². The predicted octanol–water partition coefficient (Wildman–Crippen LogP) is 4.55. The minimum atomic E-state index is -1.08. The van der Waals surface area contributed by atoms with Gasteiger partial charge in [-0.1, -0.05) is 29.8 Å². The van der Waals surface area contributed by atoms with Gasteiger partial charge in [0.15, 0.2) is 0 Å². The first-order valence-electron chi connectivity index (χ1n) is 11.0. The normalized spacial score (nSPS) is 13.5. The van der Waals surface area contributed by atoms with Gasteiger partial charge in [-0.3, -0.25) is 4.79 Å². The van der Waals surface area contributed by atoms with Crippen LogP contribution in [0, 0.1) is 0 Å². The van der Waals surface area contributed by atoms with Gasteiger partial charge in [-0.05, 0) is 54.1 Å². The number of rotatable bonds is 7. The van der Waals surface area contributed by atoms with E-state index in [-0.39, 0.29) is 23.6 Å². The zero-order chi connectivity index (χ0) is 24.1. The van der Waals surface area contributed by atoms with Crippen LogP contribution in [0.1, 0.15) is 15.9 Å². The molecule has 0 spiro atoms. The number of methoxy groups -OCH3 is 1. The van der Waals surface area contributed by atoms with E-state index in [1.165, 1.54) is 0 Å². The number of nitrogens with zero attached hydrogens (tertiary/aromatic N) is 2. The third-order valence-electron chi connectivity index (χ3n) is 5.85. The van der Waals surface area contributed by atoms with Crippen molar-refractivity contribution in [2.75, 3.05) is 48.4 Å². The van der Waals surface area contributed by atoms with Crippen molar-refractivity contribution in [3.63, 3.8) is 0 Å². The number of aromatic carboxylic acids is 1. The summed E-state index contributed by atoms with van der Waals surface area (Å²) in [5.41, 5.74) is 3.05. The molecule has 1 saturated heterocycles. The van der Waals surface area contributed by atoms with E-state index in [2.05, 4.69) is 15.1 Å². The number of hydrogen-bond acceptors (Lipinski definition) is 5. The molecule has 3 aromatic carbocycles. The fourth-order valence-electron chi connectivity index (χ4n) is 4.03. The van der Waals surface area contributed by atoms with Crippen LogP contribution in [0.3, 0.4) is 0 Å². The summed E-state index contributed by atoms with van der Waals surface area (Å²) in [6.45, 7) is 3.08. The lowest BCUT2D eigenvalue weighted by molar-refractivity contribution is -0.115. The molecule has 2 N–H and O–H groups in total. The average Bonchev–Trinajstić information content (AvgIpc) is 2.84. The van der Waals surface area contributed by atoms with Gasteiger partial charge in [-0.25, -0.2) is 4.79 Å². The maximum Gasteiger partial charge on any atom is 0.337 e. The summed E-state index contributed by atoms with van der Waals surface area (Å²) >= 11 is 6.12. The molecule has 3 aromatic rings. The van der Waals surface area contributed by atoms with E-state index in [9.17, 15) is 14.7 Å². The highest BCUT2D eigenvalue weighted by molar-refractivity contribution is 6.30. The smallest absolute Gasteiger partial charge is 0.337 e. The lowest BCUT2D eigenvalue weighted by atomic mass is 10.1. The topological polar surface area (TPSA) is 82.1 Å². The van der Waals surface area contributed by atoms with E-state index < -0.39 is 5.97 Å². The minimum absolute atomic E-state index is 0.0675. The van der Waals surface area contributed by atoms with Crippen molar-refractivity contribution in [2.24, 2.45) is 0 Å². The van der Waals surface area contributed by atoms with Crippen LogP contribution in [0.2, 0.25) is 5.02 Å². The van der Waals surface area contributed by atoms with Gasteiger partial charge in [0.25, 0.3) is 0 Å². The standard InChI is InChI=1S/C26H26ClN3O4/c1-34-22-8-5-18(6-9-22)15-25(31)28-24-10-7-21(17-23(24)26(32)33)30-13-11-29(12-14-30)20-4-2-3-19(27)16-20/h2-10,16-17H,11-15H2,1H3,(H,28,31)(H,32,33). The summed E-state index contributed by atoms with van der Waals surface area (Å²) in [6.07, 6.45) is 0.135. The quantitative estimate of drug-likeness (QED) is 0.517. The van der Waals surface area contributed by atoms with Crippen molar-refractivity contribution in [1.29, 1.82) is 0 Å². The number of amides is 1. The molecule has 0 aromatic heterocycles. The minimum Gasteiger partial charge on any atom is -0.497 e. The van der Waals surface area contributed by atoms with Crippen LogP contribution in [0.4, 0.5) is 17.1 Å². The maximum absolute atomic E-state index is 12.5. The second-order valence-electron chi connectivity index (χ2n) is 8.06. The molecular formula is C26H26ClN3O4. The Labute approximate surface area is 203 Å². The first kappa shape index (κ1) is 23.4. The number of carbonyl (C=O) groups excluding carboxylic acids is 1. The van der Waals surface area contributed by atoms with Gasteiger partial charge in [0.05, 0.1) is 24.8 Å². The monoisotopic (exact) mass is 479 g/mol. The molecule has 176 valence electrons. The Morgan fingerprint density at radius 2 is 1.59 bits per heavy atom. The average molecular weight is 480 g/mol. The molecule has 8 heteroatoms. The highest BCUT2D eigenvalue weighted by Gasteiger charge is 2.20. The predicted molar refractivity (Wildman–Crippen MR) is 135 cm³/mol. The summed E-state index contributed by atoms with van der Waals surface area (Å²) in [6, 6.07) is 20.1. The maximum atomic E-state index is 12.5. The number of nitrogens with one attached hydrogen (secondary N) is 1. The lowest BCUT2D eigenvalue weighted by Crippen LogP contribution is -2.46. The molecular weight excluding hydrogens is 454 g/mol. The van der Waals surface area contributed by atoms with Crippen molar-refractivity contribution in [3.05, 3.63) is 82.9 Å². The number of carboxylic acids is 1. The summed E-state index contributed by atoms with van der Waals surface area (Å²) in [5.74, 6) is -0.656. The number of piperazine rings is 1. The fourth-order valence-corrected chi connectivity index (χ4v) is 4.22. The van der Waals surface area contributed by atoms with E-state index in [4.69, 9.17) is 16.3 Å². The molecule has 0 unspecified atom stereocenters. The van der Waals surface area contributed by atoms with Crippen LogP contribution in [0.15, 0.2) is 66.7 Å². The molecule has 1 heterocycles. The van der Waals surface area contributed by atoms with Crippen LogP contribution in [-0.2, 0) is 11.2 Å². The molecule has 0 saturated carbocycles. The third kappa shape index (κ3) is 5.61. The Hall–Kier alpha value is -3.71. The van der Waals surface area contributed by atoms with Gasteiger partial charge in [0, 0.05) is 42.6 Å². The van der Waals surface area contributed by atoms with Gasteiger partial charge < -0.3 is 25.0 Å². The highest BCUT2D eigenvalue weighted by atomic mass is 35.5. The van der Waals surface area contributed by atoms with Crippen molar-refractivity contribution >= 4 is 40.5 Å². The molecule has 1 fully saturated rings. The van der Waals surface area contributed by atoms with Gasteiger partial charge >= 0.3 is 5.97 Å². The molecule has 0 aliphatic carbocycles. The SMILES string of the molecule is COc1ccc(CC(=O)Nc2ccc(N3CCN(c4cccc(Cl)c4)CC3)cc2C(=O)O)cc1. The van der Waals surface area contributed by atoms with E-state index in [0.29, 0.717) is 10.8 Å². The van der Waals surface area contributed by atoms with Crippen molar-refractivity contribution < 1.29 is 19.4 Å². The number of carbonyl (C=O) groups is 2. The number of halogens is 1. The molecule has 4 rings (SSSR count). The first-order chi connectivity index (χ1) is 16.4. The molecule has 7 nitrogen and oxygen atoms in total. The van der Waals surface area contributed by atoms with Crippen LogP contribution in [0.5, 0.6) is 5.75 Å². The van der Waals surface area contributed by atoms with Gasteiger partial charge in [0.1, 0.15) is 5.75 Å². The van der Waals surface area contributed by atoms with Gasteiger partial charge in [-0.2, -0.15) is 0 Å². The highest BCUT2D eigenvalue weighted by Crippen LogP contribution is 2.27. The number of hydrogen-bond donors (Lipinski definition) is 2. The molecule has 34 heavy (non-hydrogen) atoms. The summed E-state index contributed by atoms with van der Waals surface area (Å²) < 4.78 is 5.13. The van der Waals surface area contributed by atoms with Crippen LogP contribution in [-0.4, -0.2) is 50.3 Å². The van der Waals surface area contributed by atoms with Crippen LogP contribution in [0.25, 0.3) is 0 Å². The van der Waals surface area contributed by atoms with Crippen molar-refractivity contribution in [1.82, 2.24) is 0 Å². The second-order valence-corrected chi connectivity index (χ2v) is 8.50. The lowest BCUT2D eigenvalue weighted by Gasteiger charge is -2.37.